The van der Waals surface area contributed by atoms with Crippen LogP contribution in [0.1, 0.15) is 31.8 Å². The molecule has 0 spiro atoms. The Hall–Kier alpha value is -5.16. The highest BCUT2D eigenvalue weighted by atomic mass is 79.9. The van der Waals surface area contributed by atoms with Crippen molar-refractivity contribution in [1.29, 1.82) is 0 Å². The molecule has 4 aromatic carbocycles. The molecule has 0 atom stereocenters. The van der Waals surface area contributed by atoms with Gasteiger partial charge in [0.25, 0.3) is 11.6 Å². The van der Waals surface area contributed by atoms with Crippen LogP contribution in [-0.2, 0) is 11.2 Å². The van der Waals surface area contributed by atoms with Gasteiger partial charge in [0.1, 0.15) is 5.75 Å². The predicted octanol–water partition coefficient (Wildman–Crippen LogP) is 5.52. The van der Waals surface area contributed by atoms with Gasteiger partial charge in [-0.2, -0.15) is 5.10 Å². The van der Waals surface area contributed by atoms with Crippen molar-refractivity contribution in [3.05, 3.63) is 134 Å². The molecule has 11 heteroatoms. The van der Waals surface area contributed by atoms with Crippen molar-refractivity contribution in [2.24, 2.45) is 5.10 Å². The van der Waals surface area contributed by atoms with Crippen LogP contribution in [0.5, 0.6) is 5.75 Å². The minimum Gasteiger partial charge on any atom is -0.422 e. The third kappa shape index (κ3) is 7.68. The predicted molar refractivity (Wildman–Crippen MR) is 152 cm³/mol. The van der Waals surface area contributed by atoms with Crippen LogP contribution in [0.2, 0.25) is 0 Å². The van der Waals surface area contributed by atoms with Crippen LogP contribution in [0.4, 0.5) is 11.4 Å². The van der Waals surface area contributed by atoms with Crippen LogP contribution < -0.4 is 15.5 Å². The van der Waals surface area contributed by atoms with Crippen molar-refractivity contribution >= 4 is 51.3 Å². The molecule has 0 saturated carbocycles. The zero-order chi connectivity index (χ0) is 28.5. The number of nitro groups is 1. The highest BCUT2D eigenvalue weighted by Crippen LogP contribution is 2.24. The average Bonchev–Trinajstić information content (AvgIpc) is 2.95. The number of rotatable bonds is 9. The van der Waals surface area contributed by atoms with E-state index in [4.69, 9.17) is 4.74 Å². The summed E-state index contributed by atoms with van der Waals surface area (Å²) < 4.78 is 6.20. The van der Waals surface area contributed by atoms with Gasteiger partial charge in [0, 0.05) is 33.4 Å². The van der Waals surface area contributed by atoms with Crippen LogP contribution in [0.3, 0.4) is 0 Å². The molecule has 0 saturated heterocycles. The Morgan fingerprint density at radius 1 is 0.900 bits per heavy atom. The number of non-ortho nitro benzene ring substituents is 1. The molecule has 10 nitrogen and oxygen atoms in total. The fourth-order valence-electron chi connectivity index (χ4n) is 3.50. The molecule has 4 rings (SSSR count). The van der Waals surface area contributed by atoms with E-state index < -0.39 is 16.8 Å². The van der Waals surface area contributed by atoms with E-state index in [0.29, 0.717) is 5.69 Å². The van der Waals surface area contributed by atoms with Crippen molar-refractivity contribution in [3.63, 3.8) is 0 Å². The van der Waals surface area contributed by atoms with E-state index >= 15 is 0 Å². The van der Waals surface area contributed by atoms with Gasteiger partial charge in [-0.1, -0.05) is 46.3 Å². The molecule has 0 unspecified atom stereocenters. The third-order valence-electron chi connectivity index (χ3n) is 5.49. The Kier molecular flexibility index (Phi) is 9.11. The second-order valence-electron chi connectivity index (χ2n) is 8.36. The second kappa shape index (κ2) is 13.1. The number of nitrogens with zero attached hydrogens (tertiary/aromatic N) is 2. The summed E-state index contributed by atoms with van der Waals surface area (Å²) in [5, 5.41) is 17.9. The summed E-state index contributed by atoms with van der Waals surface area (Å²) in [6.45, 7) is 0. The van der Waals surface area contributed by atoms with Gasteiger partial charge in [-0.05, 0) is 60.2 Å². The number of esters is 1. The number of amides is 2. The minimum atomic E-state index is -0.670. The number of ether oxygens (including phenoxy) is 1. The van der Waals surface area contributed by atoms with Gasteiger partial charge in [-0.15, -0.1) is 0 Å². The topological polar surface area (TPSA) is 140 Å². The molecule has 0 bridgehead atoms. The molecular weight excluding hydrogens is 580 g/mol. The highest BCUT2D eigenvalue weighted by Gasteiger charge is 2.15. The lowest BCUT2D eigenvalue weighted by atomic mass is 10.1. The number of nitrogens with one attached hydrogen (secondary N) is 2. The van der Waals surface area contributed by atoms with Crippen LogP contribution in [0.25, 0.3) is 0 Å². The molecule has 40 heavy (non-hydrogen) atoms. The lowest BCUT2D eigenvalue weighted by molar-refractivity contribution is -0.384. The second-order valence-corrected chi connectivity index (χ2v) is 9.28. The smallest absolute Gasteiger partial charge is 0.343 e. The lowest BCUT2D eigenvalue weighted by Crippen LogP contribution is -2.18. The van der Waals surface area contributed by atoms with E-state index in [1.807, 2.05) is 30.3 Å². The fourth-order valence-corrected chi connectivity index (χ4v) is 3.77. The van der Waals surface area contributed by atoms with Gasteiger partial charge >= 0.3 is 5.97 Å². The molecule has 0 aliphatic rings. The normalized spacial score (nSPS) is 10.6. The van der Waals surface area contributed by atoms with E-state index in [1.165, 1.54) is 30.3 Å². The summed E-state index contributed by atoms with van der Waals surface area (Å²) in [6.07, 6.45) is 1.36. The number of nitro benzene ring substituents is 1. The molecule has 2 amide bonds. The first-order valence-electron chi connectivity index (χ1n) is 11.8. The number of anilines is 1. The van der Waals surface area contributed by atoms with E-state index in [0.717, 1.165) is 16.3 Å². The molecule has 0 aliphatic heterocycles. The first-order valence-corrected chi connectivity index (χ1v) is 12.6. The van der Waals surface area contributed by atoms with Crippen LogP contribution >= 0.6 is 15.9 Å². The molecule has 2 N–H and O–H groups in total. The van der Waals surface area contributed by atoms with Gasteiger partial charge < -0.3 is 10.1 Å². The maximum atomic E-state index is 12.6. The number of hydrogen-bond donors (Lipinski definition) is 2. The molecule has 0 aromatic heterocycles. The van der Waals surface area contributed by atoms with Gasteiger partial charge in [-0.25, -0.2) is 10.2 Å². The number of halogens is 1. The van der Waals surface area contributed by atoms with E-state index in [1.54, 1.807) is 36.4 Å². The van der Waals surface area contributed by atoms with Crippen LogP contribution in [-0.4, -0.2) is 28.9 Å². The quantitative estimate of drug-likeness (QED) is 0.0851. The minimum absolute atomic E-state index is 0.0205. The first-order chi connectivity index (χ1) is 19.3. The van der Waals surface area contributed by atoms with E-state index in [-0.39, 0.29) is 40.5 Å². The van der Waals surface area contributed by atoms with Crippen LogP contribution in [0, 0.1) is 10.1 Å². The Morgan fingerprint density at radius 3 is 2.25 bits per heavy atom. The van der Waals surface area contributed by atoms with Gasteiger partial charge in [0.15, 0.2) is 0 Å². The summed E-state index contributed by atoms with van der Waals surface area (Å²) in [5.41, 5.74) is 4.13. The van der Waals surface area contributed by atoms with Crippen molar-refractivity contribution in [3.8, 4) is 5.75 Å². The Balaban J connectivity index is 1.40. The van der Waals surface area contributed by atoms with Gasteiger partial charge in [-0.3, -0.25) is 19.7 Å². The summed E-state index contributed by atoms with van der Waals surface area (Å²) in [5.74, 6) is -1.40. The molecular formula is C29H21BrN4O6. The number of benzene rings is 4. The Labute approximate surface area is 237 Å². The standard InChI is InChI=1S/C29H21BrN4O6/c30-23-10-6-21(7-11-23)29(37)40-26-15-14-25(34(38)39)17-22(26)18-31-33-28(36)20-8-12-24(13-9-20)32-27(35)16-19-4-2-1-3-5-19/h1-15,17-18H,16H2,(H,32,35)(H,33,36)/b31-18+. The zero-order valence-electron chi connectivity index (χ0n) is 20.7. The van der Waals surface area contributed by atoms with Crippen molar-refractivity contribution < 1.29 is 24.0 Å². The SMILES string of the molecule is O=C(Cc1ccccc1)Nc1ccc(C(=O)N/N=C/c2cc([N+](=O)[O-])ccc2OC(=O)c2ccc(Br)cc2)cc1. The lowest BCUT2D eigenvalue weighted by Gasteiger charge is -2.08. The Bertz CT molecular complexity index is 1570. The first kappa shape index (κ1) is 27.9. The van der Waals surface area contributed by atoms with Crippen molar-refractivity contribution in [1.82, 2.24) is 5.43 Å². The molecule has 0 heterocycles. The van der Waals surface area contributed by atoms with Crippen molar-refractivity contribution in [2.75, 3.05) is 5.32 Å². The van der Waals surface area contributed by atoms with Gasteiger partial charge in [0.2, 0.25) is 5.91 Å². The zero-order valence-corrected chi connectivity index (χ0v) is 22.3. The molecule has 4 aromatic rings. The number of hydrazone groups is 1. The molecule has 0 aliphatic carbocycles. The highest BCUT2D eigenvalue weighted by molar-refractivity contribution is 9.10. The molecule has 0 fully saturated rings. The molecule has 200 valence electrons. The summed E-state index contributed by atoms with van der Waals surface area (Å²) in [4.78, 5) is 48.0. The number of carbonyl (C=O) groups is 3. The van der Waals surface area contributed by atoms with Crippen LogP contribution in [0.15, 0.2) is 107 Å². The fraction of sp³-hybridized carbons (Fsp3) is 0.0345. The number of carbonyl (C=O) groups excluding carboxylic acids is 3. The molecule has 0 radical (unpaired) electrons. The monoisotopic (exact) mass is 600 g/mol. The van der Waals surface area contributed by atoms with E-state index in [2.05, 4.69) is 31.8 Å². The average molecular weight is 601 g/mol. The maximum Gasteiger partial charge on any atom is 0.343 e. The summed E-state index contributed by atoms with van der Waals surface area (Å²) >= 11 is 3.29. The van der Waals surface area contributed by atoms with Gasteiger partial charge in [0.05, 0.1) is 23.1 Å². The third-order valence-corrected chi connectivity index (χ3v) is 6.02. The van der Waals surface area contributed by atoms with E-state index in [9.17, 15) is 24.5 Å². The summed E-state index contributed by atoms with van der Waals surface area (Å²) in [6, 6.07) is 25.6. The maximum absolute atomic E-state index is 12.6. The largest absolute Gasteiger partial charge is 0.422 e. The summed E-state index contributed by atoms with van der Waals surface area (Å²) in [7, 11) is 0. The van der Waals surface area contributed by atoms with Crippen molar-refractivity contribution in [2.45, 2.75) is 6.42 Å². The Morgan fingerprint density at radius 2 is 1.57 bits per heavy atom. The number of hydrogen-bond acceptors (Lipinski definition) is 7.